The Kier molecular flexibility index (Phi) is 67.8. The van der Waals surface area contributed by atoms with Crippen LogP contribution < -0.4 is 0 Å². The van der Waals surface area contributed by atoms with E-state index >= 15 is 0 Å². The van der Waals surface area contributed by atoms with Gasteiger partial charge in [0.15, 0.2) is 0 Å². The summed E-state index contributed by atoms with van der Waals surface area (Å²) in [7, 11) is 0. The number of hydrogen-bond acceptors (Lipinski definition) is 0. The van der Waals surface area contributed by atoms with Gasteiger partial charge in [-0.1, -0.05) is 435 Å². The van der Waals surface area contributed by atoms with Crippen LogP contribution in [-0.4, -0.2) is 0 Å². The maximum absolute atomic E-state index is 2.47. The van der Waals surface area contributed by atoms with Crippen molar-refractivity contribution >= 4 is 0 Å². The average molecular weight is 1230 g/mol. The van der Waals surface area contributed by atoms with Crippen molar-refractivity contribution in [1.82, 2.24) is 0 Å². The Morgan fingerprint density at radius 1 is 0.172 bits per heavy atom. The Hall–Kier alpha value is 0. The molecule has 0 heterocycles. The van der Waals surface area contributed by atoms with Crippen molar-refractivity contribution in [3.05, 3.63) is 0 Å². The number of hydrogen-bond donors (Lipinski definition) is 0. The van der Waals surface area contributed by atoms with Gasteiger partial charge < -0.3 is 0 Å². The van der Waals surface area contributed by atoms with Crippen molar-refractivity contribution in [2.45, 2.75) is 461 Å². The predicted molar refractivity (Wildman–Crippen MR) is 407 cm³/mol. The molecule has 0 spiro atoms. The van der Waals surface area contributed by atoms with Crippen LogP contribution in [0.15, 0.2) is 0 Å². The molecular weight excluding hydrogens is 1040 g/mol. The summed E-state index contributed by atoms with van der Waals surface area (Å²) in [6.45, 7) is 51.8. The van der Waals surface area contributed by atoms with Crippen LogP contribution in [0.2, 0.25) is 0 Å². The van der Waals surface area contributed by atoms with Gasteiger partial charge in [0.25, 0.3) is 0 Å². The Morgan fingerprint density at radius 2 is 0.333 bits per heavy atom. The first-order chi connectivity index (χ1) is 41.9. The van der Waals surface area contributed by atoms with Crippen molar-refractivity contribution in [2.75, 3.05) is 0 Å². The van der Waals surface area contributed by atoms with Crippen molar-refractivity contribution in [2.24, 2.45) is 101 Å². The first-order valence-corrected chi connectivity index (χ1v) is 41.9. The largest absolute Gasteiger partial charge is 0.0683 e. The predicted octanol–water partition coefficient (Wildman–Crippen LogP) is 32.2. The average Bonchev–Trinajstić information content (AvgIpc) is 3.65. The molecule has 0 N–H and O–H groups in total. The van der Waals surface area contributed by atoms with E-state index in [1.54, 1.807) is 12.8 Å². The van der Waals surface area contributed by atoms with Gasteiger partial charge in [-0.15, -0.1) is 0 Å². The van der Waals surface area contributed by atoms with E-state index in [0.29, 0.717) is 0 Å². The highest BCUT2D eigenvalue weighted by Gasteiger charge is 2.30. The molecule has 0 radical (unpaired) electrons. The van der Waals surface area contributed by atoms with Gasteiger partial charge in [-0.05, 0) is 126 Å². The molecule has 10 saturated carbocycles. The number of rotatable bonds is 4. The molecule has 0 saturated heterocycles. The SMILES string of the molecule is CC.CC.CC.CC1CC(CC2CC[C@H](C)C(C)C2)CC[C@H]1C.CC1CCC(CC2CCC(C)CC2)CC1.CC1CCCCC1.CC1CCCCC1.CC1CCCCC1.CC1CCCCC1.CC1CCCCC1.CCC.CCC.C[C@@H]1CCCC[C@@H]1C. The van der Waals surface area contributed by atoms with Crippen LogP contribution in [0.5, 0.6) is 0 Å². The van der Waals surface area contributed by atoms with E-state index in [9.17, 15) is 0 Å². The lowest BCUT2D eigenvalue weighted by molar-refractivity contribution is 0.139. The van der Waals surface area contributed by atoms with Crippen LogP contribution in [0.1, 0.15) is 461 Å². The van der Waals surface area contributed by atoms with Crippen LogP contribution >= 0.6 is 0 Å². The second-order valence-electron chi connectivity index (χ2n) is 32.4. The van der Waals surface area contributed by atoms with E-state index in [1.165, 1.54) is 289 Å². The van der Waals surface area contributed by atoms with Gasteiger partial charge in [-0.2, -0.15) is 0 Å². The van der Waals surface area contributed by atoms with E-state index < -0.39 is 0 Å². The molecule has 10 aliphatic carbocycles. The Balaban J connectivity index is -0.000000925. The standard InChI is InChI=1S/C17H32.C15H28.C8H16.5C7H14.2C3H8.3C2H6/c1-12-5-7-16(9-14(12)3)11-17-8-6-13(2)15(4)10-17;1-12-3-7-14(8-4-12)11-15-9-5-13(2)6-10-15;1-7-5-3-4-6-8(7)2;5*1-7-5-3-2-4-6-7;2*1-3-2;3*1-2/h12-17H,5-11H2,1-4H3;12-15H,3-11H2,1-2H3;7-8H,3-6H2,1-2H3;5*7H,2-6H2,1H3;2*3H2,1-2H3;3*1-2H3/t12-,13+,14?,15?,16?,17?;;7-,8+;;;;;;;;;;. The van der Waals surface area contributed by atoms with Crippen LogP contribution in [0, 0.1) is 101 Å². The summed E-state index contributed by atoms with van der Waals surface area (Å²) in [6.07, 6.45) is 69.9. The normalized spacial score (nSPS) is 31.2. The first kappa shape index (κ1) is 91.2. The Morgan fingerprint density at radius 3 is 0.506 bits per heavy atom. The van der Waals surface area contributed by atoms with Gasteiger partial charge in [-0.3, -0.25) is 0 Å². The van der Waals surface area contributed by atoms with Gasteiger partial charge in [-0.25, -0.2) is 0 Å². The smallest absolute Gasteiger partial charge is 0.0409 e. The highest BCUT2D eigenvalue weighted by molar-refractivity contribution is 4.82. The third-order valence-corrected chi connectivity index (χ3v) is 23.0. The maximum Gasteiger partial charge on any atom is -0.0409 e. The molecule has 87 heavy (non-hydrogen) atoms. The fourth-order valence-corrected chi connectivity index (χ4v) is 15.9. The topological polar surface area (TPSA) is 0 Å². The maximum atomic E-state index is 2.47. The molecule has 10 rings (SSSR count). The van der Waals surface area contributed by atoms with Gasteiger partial charge in [0.1, 0.15) is 0 Å². The van der Waals surface area contributed by atoms with Gasteiger partial charge in [0.2, 0.25) is 0 Å². The van der Waals surface area contributed by atoms with Gasteiger partial charge in [0.05, 0.1) is 0 Å². The zero-order valence-electron chi connectivity index (χ0n) is 66.0. The lowest BCUT2D eigenvalue weighted by Gasteiger charge is -2.37. The van der Waals surface area contributed by atoms with E-state index in [4.69, 9.17) is 0 Å². The summed E-state index contributed by atoms with van der Waals surface area (Å²) in [4.78, 5) is 0. The summed E-state index contributed by atoms with van der Waals surface area (Å²) >= 11 is 0. The van der Waals surface area contributed by atoms with E-state index in [2.05, 4.69) is 118 Å². The third-order valence-electron chi connectivity index (χ3n) is 23.0. The molecule has 0 aliphatic heterocycles. The summed E-state index contributed by atoms with van der Waals surface area (Å²) in [5, 5.41) is 0. The zero-order valence-corrected chi connectivity index (χ0v) is 66.0. The molecule has 528 valence electrons. The van der Waals surface area contributed by atoms with Crippen LogP contribution in [-0.2, 0) is 0 Å². The monoisotopic (exact) mass is 1230 g/mol. The second-order valence-corrected chi connectivity index (χ2v) is 32.4. The molecule has 0 aromatic carbocycles. The molecule has 0 bridgehead atoms. The molecule has 10 aliphatic rings. The quantitative estimate of drug-likeness (QED) is 0.263. The zero-order chi connectivity index (χ0) is 66.0. The molecule has 0 nitrogen and oxygen atoms in total. The minimum atomic E-state index is 0.980. The highest BCUT2D eigenvalue weighted by atomic mass is 14.4. The molecule has 0 amide bonds. The van der Waals surface area contributed by atoms with E-state index in [1.807, 2.05) is 41.5 Å². The summed E-state index contributed by atoms with van der Waals surface area (Å²) < 4.78 is 0. The molecule has 4 unspecified atom stereocenters. The molecular formula is C87H180. The third kappa shape index (κ3) is 55.0. The van der Waals surface area contributed by atoms with Crippen molar-refractivity contribution in [3.8, 4) is 0 Å². The van der Waals surface area contributed by atoms with Crippen LogP contribution in [0.4, 0.5) is 0 Å². The Labute approximate surface area is 558 Å². The Bertz CT molecular complexity index is 1100. The summed E-state index contributed by atoms with van der Waals surface area (Å²) in [6, 6.07) is 0. The summed E-state index contributed by atoms with van der Waals surface area (Å²) in [5.74, 6) is 17.5. The second kappa shape index (κ2) is 64.7. The van der Waals surface area contributed by atoms with Gasteiger partial charge >= 0.3 is 0 Å². The van der Waals surface area contributed by atoms with Crippen LogP contribution in [0.25, 0.3) is 0 Å². The lowest BCUT2D eigenvalue weighted by Crippen LogP contribution is -2.26. The fourth-order valence-electron chi connectivity index (χ4n) is 15.9. The molecule has 0 aromatic heterocycles. The first-order valence-electron chi connectivity index (χ1n) is 41.9. The fraction of sp³-hybridized carbons (Fsp3) is 1.00. The van der Waals surface area contributed by atoms with Crippen molar-refractivity contribution in [3.63, 3.8) is 0 Å². The lowest BCUT2D eigenvalue weighted by atomic mass is 9.68. The molecule has 0 aromatic rings. The van der Waals surface area contributed by atoms with E-state index in [0.717, 1.165) is 101 Å². The van der Waals surface area contributed by atoms with Crippen LogP contribution in [0.3, 0.4) is 0 Å². The van der Waals surface area contributed by atoms with E-state index in [-0.39, 0.29) is 0 Å². The molecule has 10 fully saturated rings. The minimum Gasteiger partial charge on any atom is -0.0683 e. The van der Waals surface area contributed by atoms with Crippen molar-refractivity contribution in [1.29, 1.82) is 0 Å². The van der Waals surface area contributed by atoms with Gasteiger partial charge in [0, 0.05) is 0 Å². The molecule has 0 heteroatoms. The van der Waals surface area contributed by atoms with Crippen molar-refractivity contribution < 1.29 is 0 Å². The minimum absolute atomic E-state index is 0.980. The molecule has 8 atom stereocenters. The summed E-state index contributed by atoms with van der Waals surface area (Å²) in [5.41, 5.74) is 0. The highest BCUT2D eigenvalue weighted by Crippen LogP contribution is 2.42.